The monoisotopic (exact) mass is 345 g/mol. The van der Waals surface area contributed by atoms with E-state index in [1.54, 1.807) is 13.8 Å². The molecule has 0 radical (unpaired) electrons. The molecule has 25 heavy (non-hydrogen) atoms. The molecule has 1 aromatic rings. The molecule has 1 saturated heterocycles. The van der Waals surface area contributed by atoms with Crippen molar-refractivity contribution < 1.29 is 19.1 Å². The summed E-state index contributed by atoms with van der Waals surface area (Å²) in [4.78, 5) is 24.8. The lowest BCUT2D eigenvalue weighted by molar-refractivity contribution is -0.0378. The van der Waals surface area contributed by atoms with Gasteiger partial charge < -0.3 is 15.2 Å². The van der Waals surface area contributed by atoms with Crippen molar-refractivity contribution >= 4 is 23.9 Å². The maximum absolute atomic E-state index is 12.4. The van der Waals surface area contributed by atoms with Gasteiger partial charge in [-0.05, 0) is 50.0 Å². The number of hydrogen-bond donors (Lipinski definition) is 1. The third-order valence-corrected chi connectivity index (χ3v) is 4.49. The zero-order chi connectivity index (χ0) is 18.0. The molecule has 2 atom stereocenters. The lowest BCUT2D eigenvalue weighted by atomic mass is 10.1. The first-order valence-corrected chi connectivity index (χ1v) is 8.55. The van der Waals surface area contributed by atoms with Gasteiger partial charge in [-0.15, -0.1) is 0 Å². The number of anilines is 1. The molecule has 2 aliphatic rings. The minimum Gasteiger partial charge on any atom is -0.448 e. The molecular formula is C18H23N3O4. The second kappa shape index (κ2) is 7.04. The van der Waals surface area contributed by atoms with Crippen molar-refractivity contribution in [2.75, 3.05) is 18.9 Å². The normalized spacial score (nSPS) is 21.4. The van der Waals surface area contributed by atoms with E-state index < -0.39 is 12.2 Å². The molecule has 2 N–H and O–H groups in total. The largest absolute Gasteiger partial charge is 0.448 e. The highest BCUT2D eigenvalue weighted by atomic mass is 16.6. The third-order valence-electron chi connectivity index (χ3n) is 4.49. The number of nitrogen functional groups attached to an aromatic ring is 1. The SMILES string of the molecule is CCOC(=O)N1C2CCC(C2=Cc2ccc(N)cc2)N1C(=O)OCC. The van der Waals surface area contributed by atoms with E-state index in [-0.39, 0.29) is 25.3 Å². The van der Waals surface area contributed by atoms with Gasteiger partial charge in [0.1, 0.15) is 0 Å². The average molecular weight is 345 g/mol. The van der Waals surface area contributed by atoms with Crippen LogP contribution in [0.3, 0.4) is 0 Å². The minimum absolute atomic E-state index is 0.189. The first kappa shape index (κ1) is 17.1. The smallest absolute Gasteiger partial charge is 0.429 e. The fraction of sp³-hybridized carbons (Fsp3) is 0.444. The van der Waals surface area contributed by atoms with Crippen LogP contribution >= 0.6 is 0 Å². The van der Waals surface area contributed by atoms with Crippen molar-refractivity contribution in [1.82, 2.24) is 10.0 Å². The lowest BCUT2D eigenvalue weighted by Crippen LogP contribution is -2.53. The summed E-state index contributed by atoms with van der Waals surface area (Å²) in [7, 11) is 0. The zero-order valence-corrected chi connectivity index (χ0v) is 14.5. The molecule has 2 unspecified atom stereocenters. The van der Waals surface area contributed by atoms with Crippen LogP contribution in [0, 0.1) is 0 Å². The number of fused-ring (bicyclic) bond motifs is 2. The van der Waals surface area contributed by atoms with Gasteiger partial charge in [-0.2, -0.15) is 0 Å². The topological polar surface area (TPSA) is 85.1 Å². The lowest BCUT2D eigenvalue weighted by Gasteiger charge is -2.35. The van der Waals surface area contributed by atoms with Gasteiger partial charge in [0.25, 0.3) is 0 Å². The molecule has 2 amide bonds. The van der Waals surface area contributed by atoms with Crippen LogP contribution < -0.4 is 5.73 Å². The summed E-state index contributed by atoms with van der Waals surface area (Å²) in [6, 6.07) is 7.12. The predicted octanol–water partition coefficient (Wildman–Crippen LogP) is 3.03. The van der Waals surface area contributed by atoms with Gasteiger partial charge in [-0.25, -0.2) is 19.6 Å². The van der Waals surface area contributed by atoms with E-state index >= 15 is 0 Å². The van der Waals surface area contributed by atoms with Crippen molar-refractivity contribution in [2.24, 2.45) is 0 Å². The molecule has 7 heteroatoms. The summed E-state index contributed by atoms with van der Waals surface area (Å²) in [6.07, 6.45) is 2.56. The van der Waals surface area contributed by atoms with Gasteiger partial charge in [0, 0.05) is 5.69 Å². The van der Waals surface area contributed by atoms with E-state index in [2.05, 4.69) is 0 Å². The number of nitrogens with zero attached hydrogens (tertiary/aromatic N) is 2. The molecule has 3 rings (SSSR count). The summed E-state index contributed by atoms with van der Waals surface area (Å²) in [6.45, 7) is 3.99. The molecule has 1 aliphatic heterocycles. The zero-order valence-electron chi connectivity index (χ0n) is 14.5. The molecule has 2 bridgehead atoms. The van der Waals surface area contributed by atoms with Crippen LogP contribution in [0.4, 0.5) is 15.3 Å². The molecule has 2 fully saturated rings. The Hall–Kier alpha value is -2.70. The fourth-order valence-corrected chi connectivity index (χ4v) is 3.49. The Morgan fingerprint density at radius 3 is 1.96 bits per heavy atom. The second-order valence-electron chi connectivity index (χ2n) is 6.01. The van der Waals surface area contributed by atoms with E-state index in [1.165, 1.54) is 10.0 Å². The van der Waals surface area contributed by atoms with Gasteiger partial charge in [0.2, 0.25) is 0 Å². The van der Waals surface area contributed by atoms with Crippen molar-refractivity contribution in [1.29, 1.82) is 0 Å². The molecule has 0 aromatic heterocycles. The van der Waals surface area contributed by atoms with Crippen LogP contribution in [0.1, 0.15) is 32.3 Å². The highest BCUT2D eigenvalue weighted by molar-refractivity contribution is 5.79. The summed E-state index contributed by atoms with van der Waals surface area (Å²) in [5, 5.41) is 2.80. The fourth-order valence-electron chi connectivity index (χ4n) is 3.49. The quantitative estimate of drug-likeness (QED) is 0.851. The molecule has 1 heterocycles. The van der Waals surface area contributed by atoms with Crippen LogP contribution in [-0.2, 0) is 9.47 Å². The molecule has 1 saturated carbocycles. The van der Waals surface area contributed by atoms with Crippen LogP contribution in [0.2, 0.25) is 0 Å². The van der Waals surface area contributed by atoms with E-state index in [4.69, 9.17) is 15.2 Å². The Kier molecular flexibility index (Phi) is 4.83. The predicted molar refractivity (Wildman–Crippen MR) is 93.4 cm³/mol. The van der Waals surface area contributed by atoms with Crippen molar-refractivity contribution in [3.8, 4) is 0 Å². The number of carbonyl (C=O) groups is 2. The van der Waals surface area contributed by atoms with Gasteiger partial charge >= 0.3 is 12.2 Å². The number of nitrogens with two attached hydrogens (primary N) is 1. The molecule has 1 aliphatic carbocycles. The van der Waals surface area contributed by atoms with Gasteiger partial charge in [-0.3, -0.25) is 0 Å². The Labute approximate surface area is 146 Å². The number of rotatable bonds is 3. The van der Waals surface area contributed by atoms with Crippen molar-refractivity contribution in [3.05, 3.63) is 35.4 Å². The number of ether oxygens (including phenoxy) is 2. The molecular weight excluding hydrogens is 322 g/mol. The van der Waals surface area contributed by atoms with Gasteiger partial charge in [-0.1, -0.05) is 18.2 Å². The first-order valence-electron chi connectivity index (χ1n) is 8.55. The van der Waals surface area contributed by atoms with E-state index in [1.807, 2.05) is 30.3 Å². The second-order valence-corrected chi connectivity index (χ2v) is 6.01. The molecule has 1 aromatic carbocycles. The van der Waals surface area contributed by atoms with E-state index in [0.717, 1.165) is 24.0 Å². The average Bonchev–Trinajstić information content (AvgIpc) is 3.12. The highest BCUT2D eigenvalue weighted by Crippen LogP contribution is 2.43. The van der Waals surface area contributed by atoms with Crippen molar-refractivity contribution in [3.63, 3.8) is 0 Å². The Bertz CT molecular complexity index is 652. The summed E-state index contributed by atoms with van der Waals surface area (Å²) >= 11 is 0. The number of hydrogen-bond acceptors (Lipinski definition) is 5. The Balaban J connectivity index is 1.94. The van der Waals surface area contributed by atoms with Crippen LogP contribution in [0.5, 0.6) is 0 Å². The maximum atomic E-state index is 12.4. The molecule has 7 nitrogen and oxygen atoms in total. The minimum atomic E-state index is -0.522. The number of hydrazine groups is 1. The van der Waals surface area contributed by atoms with Crippen LogP contribution in [0.25, 0.3) is 6.08 Å². The summed E-state index contributed by atoms with van der Waals surface area (Å²) < 4.78 is 10.3. The molecule has 0 spiro atoms. The Morgan fingerprint density at radius 1 is 1.04 bits per heavy atom. The highest BCUT2D eigenvalue weighted by Gasteiger charge is 2.54. The van der Waals surface area contributed by atoms with E-state index in [0.29, 0.717) is 5.69 Å². The van der Waals surface area contributed by atoms with Gasteiger partial charge in [0.15, 0.2) is 0 Å². The van der Waals surface area contributed by atoms with Crippen LogP contribution in [-0.4, -0.2) is 47.5 Å². The van der Waals surface area contributed by atoms with Crippen LogP contribution in [0.15, 0.2) is 29.8 Å². The van der Waals surface area contributed by atoms with E-state index in [9.17, 15) is 9.59 Å². The summed E-state index contributed by atoms with van der Waals surface area (Å²) in [5.41, 5.74) is 8.43. The Morgan fingerprint density at radius 2 is 1.52 bits per heavy atom. The third kappa shape index (κ3) is 3.14. The number of amides is 2. The standard InChI is InChI=1S/C18H23N3O4/c1-3-24-17(22)20-15-9-10-16(21(20)18(23)25-4-2)14(15)11-12-5-7-13(19)8-6-12/h5-8,11,15-16H,3-4,9-10,19H2,1-2H3. The summed E-state index contributed by atoms with van der Waals surface area (Å²) in [5.74, 6) is 0. The van der Waals surface area contributed by atoms with Crippen molar-refractivity contribution in [2.45, 2.75) is 38.8 Å². The first-order chi connectivity index (χ1) is 12.1. The molecule has 134 valence electrons. The van der Waals surface area contributed by atoms with Gasteiger partial charge in [0.05, 0.1) is 25.3 Å². The number of carbonyl (C=O) groups excluding carboxylic acids is 2. The maximum Gasteiger partial charge on any atom is 0.429 e. The number of benzene rings is 1.